The second-order valence-electron chi connectivity index (χ2n) is 2.82. The first-order chi connectivity index (χ1) is 5.70. The maximum absolute atomic E-state index is 8.63. The fourth-order valence-electron chi connectivity index (χ4n) is 1.10. The Labute approximate surface area is 79.5 Å². The highest BCUT2D eigenvalue weighted by atomic mass is 32.1. The molecule has 0 fully saturated rings. The van der Waals surface area contributed by atoms with E-state index in [1.165, 1.54) is 0 Å². The first-order valence-corrected chi connectivity index (χ1v) is 4.73. The van der Waals surface area contributed by atoms with Crippen LogP contribution in [0.4, 0.5) is 0 Å². The van der Waals surface area contributed by atoms with Crippen molar-refractivity contribution in [3.8, 4) is 0 Å². The number of aliphatic hydroxyl groups excluding tert-OH is 1. The van der Waals surface area contributed by atoms with E-state index >= 15 is 0 Å². The van der Waals surface area contributed by atoms with Crippen molar-refractivity contribution in [1.29, 1.82) is 0 Å². The fourth-order valence-corrected chi connectivity index (χ4v) is 1.28. The third-order valence-corrected chi connectivity index (χ3v) is 1.68. The zero-order valence-electron chi connectivity index (χ0n) is 7.62. The Bertz CT molecular complexity index is 130. The van der Waals surface area contributed by atoms with Gasteiger partial charge < -0.3 is 10.8 Å². The first-order valence-electron chi connectivity index (χ1n) is 4.32. The molecule has 0 radical (unpaired) electrons. The van der Waals surface area contributed by atoms with Gasteiger partial charge in [0, 0.05) is 19.7 Å². The van der Waals surface area contributed by atoms with Gasteiger partial charge in [0.05, 0.1) is 4.99 Å². The molecule has 0 amide bonds. The van der Waals surface area contributed by atoms with Gasteiger partial charge in [0.25, 0.3) is 0 Å². The Morgan fingerprint density at radius 1 is 1.50 bits per heavy atom. The van der Waals surface area contributed by atoms with Gasteiger partial charge in [-0.15, -0.1) is 0 Å². The van der Waals surface area contributed by atoms with E-state index in [1.54, 1.807) is 0 Å². The molecule has 0 aliphatic carbocycles. The Kier molecular flexibility index (Phi) is 7.34. The molecule has 0 heterocycles. The third kappa shape index (κ3) is 6.52. The highest BCUT2D eigenvalue weighted by Crippen LogP contribution is 1.93. The van der Waals surface area contributed by atoms with E-state index in [-0.39, 0.29) is 6.61 Å². The quantitative estimate of drug-likeness (QED) is 0.569. The summed E-state index contributed by atoms with van der Waals surface area (Å²) in [6, 6.07) is 0. The van der Waals surface area contributed by atoms with Crippen molar-refractivity contribution in [2.75, 3.05) is 26.2 Å². The van der Waals surface area contributed by atoms with Crippen LogP contribution in [0.5, 0.6) is 0 Å². The van der Waals surface area contributed by atoms with Crippen LogP contribution in [0.15, 0.2) is 0 Å². The lowest BCUT2D eigenvalue weighted by Gasteiger charge is -2.19. The molecule has 4 heteroatoms. The molecule has 0 aromatic carbocycles. The molecule has 0 aromatic heterocycles. The van der Waals surface area contributed by atoms with Crippen LogP contribution in [0.2, 0.25) is 0 Å². The van der Waals surface area contributed by atoms with Gasteiger partial charge in [0.2, 0.25) is 0 Å². The molecule has 0 aliphatic rings. The normalized spacial score (nSPS) is 10.6. The molecule has 0 spiro atoms. The Hall–Kier alpha value is -0.190. The van der Waals surface area contributed by atoms with E-state index in [0.717, 1.165) is 25.9 Å². The molecule has 0 unspecified atom stereocenters. The summed E-state index contributed by atoms with van der Waals surface area (Å²) >= 11 is 4.81. The Morgan fingerprint density at radius 2 is 2.17 bits per heavy atom. The van der Waals surface area contributed by atoms with Crippen LogP contribution in [0.1, 0.15) is 19.8 Å². The summed E-state index contributed by atoms with van der Waals surface area (Å²) < 4.78 is 0. The second-order valence-corrected chi connectivity index (χ2v) is 3.34. The second kappa shape index (κ2) is 7.46. The summed E-state index contributed by atoms with van der Waals surface area (Å²) in [5, 5.41) is 8.63. The highest BCUT2D eigenvalue weighted by Gasteiger charge is 2.03. The van der Waals surface area contributed by atoms with Crippen LogP contribution in [0, 0.1) is 0 Å². The summed E-state index contributed by atoms with van der Waals surface area (Å²) in [5.74, 6) is 0. The molecule has 0 rings (SSSR count). The molecule has 0 saturated heterocycles. The van der Waals surface area contributed by atoms with Crippen molar-refractivity contribution in [2.45, 2.75) is 19.8 Å². The first kappa shape index (κ1) is 11.8. The van der Waals surface area contributed by atoms with Gasteiger partial charge in [-0.2, -0.15) is 0 Å². The molecule has 0 atom stereocenters. The topological polar surface area (TPSA) is 49.5 Å². The minimum absolute atomic E-state index is 0.234. The van der Waals surface area contributed by atoms with Crippen LogP contribution < -0.4 is 5.73 Å². The summed E-state index contributed by atoms with van der Waals surface area (Å²) in [5.41, 5.74) is 5.42. The molecular weight excluding hydrogens is 172 g/mol. The molecule has 12 heavy (non-hydrogen) atoms. The summed E-state index contributed by atoms with van der Waals surface area (Å²) in [7, 11) is 0. The Morgan fingerprint density at radius 3 is 2.58 bits per heavy atom. The van der Waals surface area contributed by atoms with Crippen LogP contribution in [0.25, 0.3) is 0 Å². The van der Waals surface area contributed by atoms with E-state index in [2.05, 4.69) is 11.8 Å². The van der Waals surface area contributed by atoms with Crippen LogP contribution in [-0.2, 0) is 0 Å². The maximum atomic E-state index is 8.63. The zero-order chi connectivity index (χ0) is 9.40. The van der Waals surface area contributed by atoms with Gasteiger partial charge in [-0.25, -0.2) is 0 Å². The predicted octanol–water partition coefficient (Wildman–Crippen LogP) is 0.367. The van der Waals surface area contributed by atoms with Crippen LogP contribution >= 0.6 is 12.2 Å². The average Bonchev–Trinajstić information content (AvgIpc) is 2.00. The minimum Gasteiger partial charge on any atom is -0.396 e. The number of hydrogen-bond donors (Lipinski definition) is 2. The van der Waals surface area contributed by atoms with E-state index < -0.39 is 0 Å². The minimum atomic E-state index is 0.234. The molecule has 0 saturated carbocycles. The number of thiocarbonyl (C=S) groups is 1. The van der Waals surface area contributed by atoms with E-state index in [1.807, 2.05) is 0 Å². The van der Waals surface area contributed by atoms with Crippen molar-refractivity contribution >= 4 is 17.2 Å². The number of hydrogen-bond acceptors (Lipinski definition) is 3. The number of nitrogens with two attached hydrogens (primary N) is 1. The third-order valence-electron chi connectivity index (χ3n) is 1.55. The van der Waals surface area contributed by atoms with Crippen molar-refractivity contribution in [3.05, 3.63) is 0 Å². The van der Waals surface area contributed by atoms with E-state index in [0.29, 0.717) is 11.5 Å². The average molecular weight is 190 g/mol. The molecule has 0 aromatic rings. The van der Waals surface area contributed by atoms with Crippen molar-refractivity contribution in [1.82, 2.24) is 4.90 Å². The van der Waals surface area contributed by atoms with Gasteiger partial charge in [-0.1, -0.05) is 19.1 Å². The van der Waals surface area contributed by atoms with E-state index in [4.69, 9.17) is 23.1 Å². The molecular formula is C8H18N2OS. The molecule has 72 valence electrons. The molecule has 3 nitrogen and oxygen atoms in total. The molecule has 0 bridgehead atoms. The Balaban J connectivity index is 3.61. The van der Waals surface area contributed by atoms with Gasteiger partial charge in [-0.05, 0) is 19.4 Å². The van der Waals surface area contributed by atoms with Crippen LogP contribution in [0.3, 0.4) is 0 Å². The van der Waals surface area contributed by atoms with Gasteiger partial charge in [0.15, 0.2) is 0 Å². The van der Waals surface area contributed by atoms with E-state index in [9.17, 15) is 0 Å². The van der Waals surface area contributed by atoms with Gasteiger partial charge >= 0.3 is 0 Å². The summed E-state index contributed by atoms with van der Waals surface area (Å²) in [4.78, 5) is 2.69. The summed E-state index contributed by atoms with van der Waals surface area (Å²) in [6.07, 6.45) is 1.89. The van der Waals surface area contributed by atoms with Crippen molar-refractivity contribution < 1.29 is 5.11 Å². The number of rotatable bonds is 7. The highest BCUT2D eigenvalue weighted by molar-refractivity contribution is 7.80. The lowest BCUT2D eigenvalue weighted by atomic mass is 10.3. The largest absolute Gasteiger partial charge is 0.396 e. The molecule has 3 N–H and O–H groups in total. The lowest BCUT2D eigenvalue weighted by Crippen LogP contribution is -2.34. The van der Waals surface area contributed by atoms with Gasteiger partial charge in [0.1, 0.15) is 0 Å². The fraction of sp³-hybridized carbons (Fsp3) is 0.875. The number of nitrogens with zero attached hydrogens (tertiary/aromatic N) is 1. The smallest absolute Gasteiger partial charge is 0.0870 e. The number of aliphatic hydroxyl groups is 1. The predicted molar refractivity (Wildman–Crippen MR) is 55.2 cm³/mol. The zero-order valence-corrected chi connectivity index (χ0v) is 8.44. The lowest BCUT2D eigenvalue weighted by molar-refractivity contribution is 0.240. The monoisotopic (exact) mass is 190 g/mol. The molecule has 0 aliphatic heterocycles. The van der Waals surface area contributed by atoms with Crippen molar-refractivity contribution in [3.63, 3.8) is 0 Å². The maximum Gasteiger partial charge on any atom is 0.0870 e. The summed E-state index contributed by atoms with van der Waals surface area (Å²) in [6.45, 7) is 4.89. The van der Waals surface area contributed by atoms with Crippen molar-refractivity contribution in [2.24, 2.45) is 5.73 Å². The van der Waals surface area contributed by atoms with Gasteiger partial charge in [-0.3, -0.25) is 4.90 Å². The van der Waals surface area contributed by atoms with Crippen LogP contribution in [-0.4, -0.2) is 41.2 Å². The standard InChI is InChI=1S/C8H18N2OS/c1-2-4-10(5-3-6-11)7-8(9)12/h11H,2-7H2,1H3,(H2,9,12). The SMILES string of the molecule is CCCN(CCCO)CC(N)=S.